The van der Waals surface area contributed by atoms with Gasteiger partial charge in [0, 0.05) is 24.8 Å². The standard InChI is InChI=1S/C20H31N5O2/c1-13(2)5-8-20(18(26)23-19(27)24-20)15-6-9-25(10-7-15)17-16(14(3)4)11-21-12-22-17/h11-15H,5-10H2,1-4H3,(H2,23,24,26,27)/t20-/m0/s1. The van der Waals surface area contributed by atoms with Crippen LogP contribution in [0, 0.1) is 11.8 Å². The van der Waals surface area contributed by atoms with Crippen molar-refractivity contribution >= 4 is 17.8 Å². The van der Waals surface area contributed by atoms with Gasteiger partial charge in [0.05, 0.1) is 0 Å². The number of aromatic nitrogens is 2. The van der Waals surface area contributed by atoms with E-state index in [1.54, 1.807) is 6.33 Å². The van der Waals surface area contributed by atoms with Gasteiger partial charge in [-0.15, -0.1) is 0 Å². The molecule has 2 saturated heterocycles. The zero-order chi connectivity index (χ0) is 19.6. The quantitative estimate of drug-likeness (QED) is 0.749. The first-order chi connectivity index (χ1) is 12.8. The van der Waals surface area contributed by atoms with Gasteiger partial charge in [0.2, 0.25) is 0 Å². The van der Waals surface area contributed by atoms with Crippen molar-refractivity contribution in [1.82, 2.24) is 20.6 Å². The van der Waals surface area contributed by atoms with E-state index in [-0.39, 0.29) is 17.9 Å². The van der Waals surface area contributed by atoms with E-state index in [0.29, 0.717) is 18.3 Å². The van der Waals surface area contributed by atoms with Crippen molar-refractivity contribution in [3.8, 4) is 0 Å². The first kappa shape index (κ1) is 19.6. The number of carbonyl (C=O) groups excluding carboxylic acids is 2. The second-order valence-corrected chi connectivity index (χ2v) is 8.53. The predicted octanol–water partition coefficient (Wildman–Crippen LogP) is 2.83. The number of urea groups is 1. The van der Waals surface area contributed by atoms with Crippen molar-refractivity contribution < 1.29 is 9.59 Å². The van der Waals surface area contributed by atoms with E-state index in [9.17, 15) is 9.59 Å². The van der Waals surface area contributed by atoms with Crippen LogP contribution in [-0.4, -0.2) is 40.5 Å². The lowest BCUT2D eigenvalue weighted by atomic mass is 9.74. The van der Waals surface area contributed by atoms with Crippen LogP contribution in [0.4, 0.5) is 10.6 Å². The summed E-state index contributed by atoms with van der Waals surface area (Å²) < 4.78 is 0. The second kappa shape index (κ2) is 7.82. The Balaban J connectivity index is 1.75. The Morgan fingerprint density at radius 2 is 1.93 bits per heavy atom. The maximum absolute atomic E-state index is 12.7. The third-order valence-electron chi connectivity index (χ3n) is 5.92. The van der Waals surface area contributed by atoms with E-state index in [1.807, 2.05) is 6.20 Å². The van der Waals surface area contributed by atoms with Crippen molar-refractivity contribution in [2.24, 2.45) is 11.8 Å². The fraction of sp³-hybridized carbons (Fsp3) is 0.700. The molecule has 1 atom stereocenters. The zero-order valence-corrected chi connectivity index (χ0v) is 16.8. The molecular weight excluding hydrogens is 342 g/mol. The Morgan fingerprint density at radius 3 is 2.48 bits per heavy atom. The van der Waals surface area contributed by atoms with Crippen LogP contribution >= 0.6 is 0 Å². The highest BCUT2D eigenvalue weighted by atomic mass is 16.2. The average Bonchev–Trinajstić information content (AvgIpc) is 2.94. The lowest BCUT2D eigenvalue weighted by Crippen LogP contribution is -2.56. The van der Waals surface area contributed by atoms with Gasteiger partial charge in [-0.2, -0.15) is 0 Å². The number of hydrogen-bond acceptors (Lipinski definition) is 5. The van der Waals surface area contributed by atoms with Gasteiger partial charge < -0.3 is 10.2 Å². The van der Waals surface area contributed by atoms with Crippen molar-refractivity contribution in [2.45, 2.75) is 64.8 Å². The molecule has 1 aromatic rings. The van der Waals surface area contributed by atoms with E-state index >= 15 is 0 Å². The monoisotopic (exact) mass is 373 g/mol. The summed E-state index contributed by atoms with van der Waals surface area (Å²) in [6.45, 7) is 10.2. The molecule has 3 heterocycles. The first-order valence-corrected chi connectivity index (χ1v) is 10.0. The summed E-state index contributed by atoms with van der Waals surface area (Å²) in [4.78, 5) is 35.6. The molecule has 7 nitrogen and oxygen atoms in total. The highest BCUT2D eigenvalue weighted by molar-refractivity contribution is 6.07. The molecular formula is C20H31N5O2. The van der Waals surface area contributed by atoms with Gasteiger partial charge in [0.1, 0.15) is 17.7 Å². The van der Waals surface area contributed by atoms with Crippen molar-refractivity contribution in [1.29, 1.82) is 0 Å². The molecule has 0 aromatic carbocycles. The second-order valence-electron chi connectivity index (χ2n) is 8.53. The molecule has 148 valence electrons. The lowest BCUT2D eigenvalue weighted by molar-refractivity contribution is -0.126. The van der Waals surface area contributed by atoms with Crippen LogP contribution in [0.1, 0.15) is 64.9 Å². The molecule has 27 heavy (non-hydrogen) atoms. The molecule has 0 unspecified atom stereocenters. The lowest BCUT2D eigenvalue weighted by Gasteiger charge is -2.41. The van der Waals surface area contributed by atoms with Crippen molar-refractivity contribution in [2.75, 3.05) is 18.0 Å². The number of amides is 3. The molecule has 7 heteroatoms. The van der Waals surface area contributed by atoms with Gasteiger partial charge in [0.25, 0.3) is 5.91 Å². The van der Waals surface area contributed by atoms with E-state index < -0.39 is 5.54 Å². The van der Waals surface area contributed by atoms with Crippen LogP contribution in [0.5, 0.6) is 0 Å². The summed E-state index contributed by atoms with van der Waals surface area (Å²) in [6, 6.07) is -0.357. The van der Waals surface area contributed by atoms with Gasteiger partial charge in [0.15, 0.2) is 0 Å². The minimum absolute atomic E-state index is 0.142. The SMILES string of the molecule is CC(C)CC[C@@]1(C2CCN(c3ncncc3C(C)C)CC2)NC(=O)NC1=O. The fourth-order valence-electron chi connectivity index (χ4n) is 4.28. The van der Waals surface area contributed by atoms with Gasteiger partial charge in [-0.3, -0.25) is 10.1 Å². The largest absolute Gasteiger partial charge is 0.356 e. The zero-order valence-electron chi connectivity index (χ0n) is 16.8. The summed E-state index contributed by atoms with van der Waals surface area (Å²) in [5.74, 6) is 1.83. The molecule has 1 aromatic heterocycles. The number of anilines is 1. The Kier molecular flexibility index (Phi) is 5.67. The van der Waals surface area contributed by atoms with Gasteiger partial charge in [-0.1, -0.05) is 27.7 Å². The third kappa shape index (κ3) is 3.92. The van der Waals surface area contributed by atoms with Crippen LogP contribution in [0.2, 0.25) is 0 Å². The topological polar surface area (TPSA) is 87.2 Å². The molecule has 2 aliphatic heterocycles. The molecule has 0 saturated carbocycles. The van der Waals surface area contributed by atoms with E-state index in [4.69, 9.17) is 0 Å². The molecule has 0 bridgehead atoms. The molecule has 2 N–H and O–H groups in total. The van der Waals surface area contributed by atoms with Crippen LogP contribution in [-0.2, 0) is 4.79 Å². The summed E-state index contributed by atoms with van der Waals surface area (Å²) >= 11 is 0. The van der Waals surface area contributed by atoms with E-state index in [2.05, 4.69) is 53.2 Å². The Bertz CT molecular complexity index is 697. The highest BCUT2D eigenvalue weighted by Crippen LogP contribution is 2.37. The van der Waals surface area contributed by atoms with E-state index in [0.717, 1.165) is 43.7 Å². The van der Waals surface area contributed by atoms with Crippen LogP contribution < -0.4 is 15.5 Å². The average molecular weight is 374 g/mol. The maximum atomic E-state index is 12.7. The first-order valence-electron chi connectivity index (χ1n) is 10.0. The normalized spacial score (nSPS) is 23.9. The Hall–Kier alpha value is -2.18. The number of rotatable bonds is 6. The van der Waals surface area contributed by atoms with Crippen LogP contribution in [0.15, 0.2) is 12.5 Å². The minimum atomic E-state index is -0.764. The van der Waals surface area contributed by atoms with E-state index in [1.165, 1.54) is 0 Å². The Morgan fingerprint density at radius 1 is 1.22 bits per heavy atom. The molecule has 2 aliphatic rings. The minimum Gasteiger partial charge on any atom is -0.356 e. The smallest absolute Gasteiger partial charge is 0.322 e. The molecule has 0 aliphatic carbocycles. The highest BCUT2D eigenvalue weighted by Gasteiger charge is 2.51. The molecule has 3 amide bonds. The molecule has 0 radical (unpaired) electrons. The van der Waals surface area contributed by atoms with Crippen molar-refractivity contribution in [3.63, 3.8) is 0 Å². The number of nitrogens with one attached hydrogen (secondary N) is 2. The summed E-state index contributed by atoms with van der Waals surface area (Å²) in [6.07, 6.45) is 6.81. The van der Waals surface area contributed by atoms with Gasteiger partial charge >= 0.3 is 6.03 Å². The van der Waals surface area contributed by atoms with Crippen LogP contribution in [0.25, 0.3) is 0 Å². The fourth-order valence-corrected chi connectivity index (χ4v) is 4.28. The summed E-state index contributed by atoms with van der Waals surface area (Å²) in [7, 11) is 0. The number of imide groups is 1. The summed E-state index contributed by atoms with van der Waals surface area (Å²) in [5, 5.41) is 5.46. The predicted molar refractivity (Wildman–Crippen MR) is 105 cm³/mol. The van der Waals surface area contributed by atoms with Gasteiger partial charge in [-0.05, 0) is 43.4 Å². The number of piperidine rings is 1. The summed E-state index contributed by atoms with van der Waals surface area (Å²) in [5.41, 5.74) is 0.386. The number of hydrogen-bond donors (Lipinski definition) is 2. The molecule has 0 spiro atoms. The molecule has 3 rings (SSSR count). The van der Waals surface area contributed by atoms with Crippen molar-refractivity contribution in [3.05, 3.63) is 18.1 Å². The third-order valence-corrected chi connectivity index (χ3v) is 5.92. The maximum Gasteiger partial charge on any atom is 0.322 e. The number of carbonyl (C=O) groups is 2. The Labute approximate surface area is 161 Å². The molecule has 2 fully saturated rings. The number of nitrogens with zero attached hydrogens (tertiary/aromatic N) is 3. The van der Waals surface area contributed by atoms with Gasteiger partial charge in [-0.25, -0.2) is 14.8 Å². The van der Waals surface area contributed by atoms with Crippen LogP contribution in [0.3, 0.4) is 0 Å².